The maximum absolute atomic E-state index is 12.3. The van der Waals surface area contributed by atoms with Crippen molar-refractivity contribution in [1.29, 1.82) is 0 Å². The Labute approximate surface area is 200 Å². The summed E-state index contributed by atoms with van der Waals surface area (Å²) in [6, 6.07) is 21.2. The molecular formula is C26H21N5O2S. The van der Waals surface area contributed by atoms with E-state index in [1.807, 2.05) is 73.7 Å². The zero-order valence-electron chi connectivity index (χ0n) is 18.4. The first-order valence-corrected chi connectivity index (χ1v) is 11.5. The highest BCUT2D eigenvalue weighted by Gasteiger charge is 2.18. The largest absolute Gasteiger partial charge is 0.494 e. The molecule has 1 amide bonds. The number of anilines is 2. The zero-order chi connectivity index (χ0) is 23.5. The van der Waals surface area contributed by atoms with Crippen LogP contribution in [0.15, 0.2) is 79.1 Å². The first-order valence-electron chi connectivity index (χ1n) is 10.7. The third-order valence-corrected chi connectivity index (χ3v) is 6.36. The molecule has 0 bridgehead atoms. The van der Waals surface area contributed by atoms with Crippen molar-refractivity contribution in [2.24, 2.45) is 5.73 Å². The van der Waals surface area contributed by atoms with Gasteiger partial charge >= 0.3 is 0 Å². The average molecular weight is 468 g/mol. The molecule has 0 fully saturated rings. The number of fused-ring (bicyclic) bond motifs is 1. The summed E-state index contributed by atoms with van der Waals surface area (Å²) in [6.45, 7) is 2.47. The van der Waals surface area contributed by atoms with Crippen molar-refractivity contribution < 1.29 is 9.53 Å². The maximum atomic E-state index is 12.3. The number of rotatable bonds is 7. The Morgan fingerprint density at radius 3 is 2.59 bits per heavy atom. The van der Waals surface area contributed by atoms with Crippen LogP contribution in [0.25, 0.3) is 32.7 Å². The van der Waals surface area contributed by atoms with Gasteiger partial charge in [0, 0.05) is 28.2 Å². The van der Waals surface area contributed by atoms with Crippen LogP contribution in [-0.4, -0.2) is 27.5 Å². The molecule has 0 radical (unpaired) electrons. The van der Waals surface area contributed by atoms with Gasteiger partial charge in [-0.15, -0.1) is 11.3 Å². The van der Waals surface area contributed by atoms with Crippen LogP contribution in [0.2, 0.25) is 0 Å². The van der Waals surface area contributed by atoms with E-state index >= 15 is 0 Å². The summed E-state index contributed by atoms with van der Waals surface area (Å²) >= 11 is 1.34. The third kappa shape index (κ3) is 4.31. The molecule has 3 heterocycles. The standard InChI is InChI=1S/C26H21N5O2S/c1-2-33-18-10-11-20-19(13-18)26(31-25(29-20)17-9-6-12-28-15-17)30-21-14-22(34-23(21)24(27)32)16-7-4-3-5-8-16/h3-15H,2H2,1H3,(H2,27,32)(H,29,30,31). The van der Waals surface area contributed by atoms with Crippen molar-refractivity contribution in [3.05, 3.63) is 84.0 Å². The summed E-state index contributed by atoms with van der Waals surface area (Å²) in [4.78, 5) is 27.3. The van der Waals surface area contributed by atoms with Crippen LogP contribution in [0.1, 0.15) is 16.6 Å². The number of nitrogens with zero attached hydrogens (tertiary/aromatic N) is 3. The Bertz CT molecular complexity index is 1470. The van der Waals surface area contributed by atoms with Crippen LogP contribution in [-0.2, 0) is 0 Å². The molecule has 0 saturated carbocycles. The summed E-state index contributed by atoms with van der Waals surface area (Å²) in [5, 5.41) is 4.11. The predicted molar refractivity (Wildman–Crippen MR) is 135 cm³/mol. The van der Waals surface area contributed by atoms with Gasteiger partial charge < -0.3 is 15.8 Å². The van der Waals surface area contributed by atoms with Crippen molar-refractivity contribution >= 4 is 39.7 Å². The number of ether oxygens (including phenoxy) is 1. The van der Waals surface area contributed by atoms with Gasteiger partial charge in [-0.1, -0.05) is 30.3 Å². The minimum absolute atomic E-state index is 0.425. The normalized spacial score (nSPS) is 10.9. The Balaban J connectivity index is 1.66. The molecule has 0 aliphatic rings. The highest BCUT2D eigenvalue weighted by molar-refractivity contribution is 7.18. The van der Waals surface area contributed by atoms with Gasteiger partial charge in [-0.25, -0.2) is 9.97 Å². The average Bonchev–Trinajstić information content (AvgIpc) is 3.30. The molecule has 34 heavy (non-hydrogen) atoms. The van der Waals surface area contributed by atoms with Gasteiger partial charge in [0.2, 0.25) is 0 Å². The molecule has 0 atom stereocenters. The minimum atomic E-state index is -0.504. The number of primary amides is 1. The van der Waals surface area contributed by atoms with Crippen molar-refractivity contribution in [2.45, 2.75) is 6.92 Å². The monoisotopic (exact) mass is 467 g/mol. The van der Waals surface area contributed by atoms with Crippen molar-refractivity contribution in [3.63, 3.8) is 0 Å². The topological polar surface area (TPSA) is 103 Å². The van der Waals surface area contributed by atoms with Gasteiger partial charge in [0.25, 0.3) is 5.91 Å². The van der Waals surface area contributed by atoms with Crippen LogP contribution in [0.3, 0.4) is 0 Å². The number of hydrogen-bond donors (Lipinski definition) is 2. The second-order valence-electron chi connectivity index (χ2n) is 7.46. The van der Waals surface area contributed by atoms with Crippen LogP contribution in [0.5, 0.6) is 5.75 Å². The molecule has 168 valence electrons. The Morgan fingerprint density at radius 1 is 1.03 bits per heavy atom. The summed E-state index contributed by atoms with van der Waals surface area (Å²) in [5.41, 5.74) is 8.84. The number of amides is 1. The SMILES string of the molecule is CCOc1ccc2nc(-c3cccnc3)nc(Nc3cc(-c4ccccc4)sc3C(N)=O)c2c1. The highest BCUT2D eigenvalue weighted by Crippen LogP contribution is 2.37. The summed E-state index contributed by atoms with van der Waals surface area (Å²) in [5.74, 6) is 1.27. The Hall–Kier alpha value is -4.30. The number of aromatic nitrogens is 3. The molecule has 5 rings (SSSR count). The number of nitrogens with two attached hydrogens (primary N) is 1. The van der Waals surface area contributed by atoms with E-state index in [0.717, 1.165) is 26.9 Å². The van der Waals surface area contributed by atoms with E-state index in [9.17, 15) is 4.79 Å². The van der Waals surface area contributed by atoms with Crippen LogP contribution < -0.4 is 15.8 Å². The van der Waals surface area contributed by atoms with Crippen LogP contribution in [0.4, 0.5) is 11.5 Å². The predicted octanol–water partition coefficient (Wildman–Crippen LogP) is 5.66. The molecule has 0 aliphatic carbocycles. The van der Waals surface area contributed by atoms with E-state index in [1.165, 1.54) is 11.3 Å². The van der Waals surface area contributed by atoms with Crippen molar-refractivity contribution in [3.8, 4) is 27.6 Å². The van der Waals surface area contributed by atoms with E-state index in [4.69, 9.17) is 20.4 Å². The minimum Gasteiger partial charge on any atom is -0.494 e. The lowest BCUT2D eigenvalue weighted by atomic mass is 10.1. The molecular weight excluding hydrogens is 446 g/mol. The summed E-state index contributed by atoms with van der Waals surface area (Å²) in [7, 11) is 0. The summed E-state index contributed by atoms with van der Waals surface area (Å²) < 4.78 is 5.69. The lowest BCUT2D eigenvalue weighted by molar-refractivity contribution is 0.100. The molecule has 3 aromatic heterocycles. The van der Waals surface area contributed by atoms with Gasteiger partial charge in [-0.2, -0.15) is 0 Å². The number of benzene rings is 2. The lowest BCUT2D eigenvalue weighted by Crippen LogP contribution is -2.11. The number of carbonyl (C=O) groups is 1. The van der Waals surface area contributed by atoms with Gasteiger partial charge in [-0.3, -0.25) is 9.78 Å². The van der Waals surface area contributed by atoms with E-state index in [2.05, 4.69) is 10.3 Å². The van der Waals surface area contributed by atoms with Crippen molar-refractivity contribution in [2.75, 3.05) is 11.9 Å². The maximum Gasteiger partial charge on any atom is 0.260 e. The summed E-state index contributed by atoms with van der Waals surface area (Å²) in [6.07, 6.45) is 3.42. The van der Waals surface area contributed by atoms with Gasteiger partial charge in [0.15, 0.2) is 5.82 Å². The molecule has 0 unspecified atom stereocenters. The quantitative estimate of drug-likeness (QED) is 0.320. The molecule has 0 aliphatic heterocycles. The third-order valence-electron chi connectivity index (χ3n) is 5.17. The Kier molecular flexibility index (Phi) is 5.88. The lowest BCUT2D eigenvalue weighted by Gasteiger charge is -2.12. The molecule has 5 aromatic rings. The second-order valence-corrected chi connectivity index (χ2v) is 8.51. The van der Waals surface area contributed by atoms with E-state index in [-0.39, 0.29) is 0 Å². The van der Waals surface area contributed by atoms with Crippen LogP contribution >= 0.6 is 11.3 Å². The first-order chi connectivity index (χ1) is 16.6. The fraction of sp³-hybridized carbons (Fsp3) is 0.0769. The molecule has 7 nitrogen and oxygen atoms in total. The fourth-order valence-electron chi connectivity index (χ4n) is 3.62. The smallest absolute Gasteiger partial charge is 0.260 e. The highest BCUT2D eigenvalue weighted by atomic mass is 32.1. The molecule has 8 heteroatoms. The van der Waals surface area contributed by atoms with Gasteiger partial charge in [0.05, 0.1) is 17.8 Å². The first kappa shape index (κ1) is 21.5. The fourth-order valence-corrected chi connectivity index (χ4v) is 4.59. The number of nitrogens with one attached hydrogen (secondary N) is 1. The van der Waals surface area contributed by atoms with Gasteiger partial charge in [0.1, 0.15) is 16.4 Å². The van der Waals surface area contributed by atoms with E-state index in [1.54, 1.807) is 12.4 Å². The van der Waals surface area contributed by atoms with Gasteiger partial charge in [-0.05, 0) is 48.9 Å². The number of thiophene rings is 1. The number of hydrogen-bond acceptors (Lipinski definition) is 7. The second kappa shape index (κ2) is 9.29. The van der Waals surface area contributed by atoms with Crippen molar-refractivity contribution in [1.82, 2.24) is 15.0 Å². The molecule has 0 saturated heterocycles. The molecule has 0 spiro atoms. The van der Waals surface area contributed by atoms with E-state index < -0.39 is 5.91 Å². The number of pyridine rings is 1. The Morgan fingerprint density at radius 2 is 1.85 bits per heavy atom. The van der Waals surface area contributed by atoms with Crippen LogP contribution in [0, 0.1) is 0 Å². The number of carbonyl (C=O) groups excluding carboxylic acids is 1. The molecule has 3 N–H and O–H groups in total. The zero-order valence-corrected chi connectivity index (χ0v) is 19.2. The van der Waals surface area contributed by atoms with E-state index in [0.29, 0.717) is 34.6 Å². The molecule has 2 aromatic carbocycles.